The van der Waals surface area contributed by atoms with Crippen molar-refractivity contribution in [1.82, 2.24) is 13.7 Å². The van der Waals surface area contributed by atoms with Gasteiger partial charge in [0.05, 0.1) is 22.2 Å². The van der Waals surface area contributed by atoms with Crippen LogP contribution in [0.25, 0.3) is 11.1 Å². The molecule has 3 rings (SSSR count). The molecule has 158 valence electrons. The minimum Gasteiger partial charge on any atom is -0.459 e. The number of carbonyl (C=O) groups excluding carboxylic acids is 1. The summed E-state index contributed by atoms with van der Waals surface area (Å²) in [6, 6.07) is 5.05. The third-order valence-corrected chi connectivity index (χ3v) is 4.63. The molecule has 0 bridgehead atoms. The van der Waals surface area contributed by atoms with E-state index in [9.17, 15) is 29.3 Å². The molecule has 2 heterocycles. The maximum absolute atomic E-state index is 12.0. The Balaban J connectivity index is 1.61. The fourth-order valence-corrected chi connectivity index (χ4v) is 2.91. The number of oxazole rings is 1. The average Bonchev–Trinajstić information content (AvgIpc) is 3.02. The number of nitro benzene ring substituents is 1. The van der Waals surface area contributed by atoms with Gasteiger partial charge in [-0.05, 0) is 12.5 Å². The number of carbonyl (C=O) groups is 1. The Morgan fingerprint density at radius 2 is 1.90 bits per heavy atom. The predicted octanol–water partition coefficient (Wildman–Crippen LogP) is 0.424. The minimum atomic E-state index is -0.686. The molecule has 0 atom stereocenters. The first-order valence-corrected chi connectivity index (χ1v) is 8.88. The predicted molar refractivity (Wildman–Crippen MR) is 103 cm³/mol. The van der Waals surface area contributed by atoms with Crippen LogP contribution < -0.4 is 17.0 Å². The van der Waals surface area contributed by atoms with Crippen molar-refractivity contribution < 1.29 is 18.9 Å². The van der Waals surface area contributed by atoms with Crippen LogP contribution in [0, 0.1) is 10.1 Å². The zero-order valence-electron chi connectivity index (χ0n) is 16.2. The normalized spacial score (nSPS) is 11.0. The first-order chi connectivity index (χ1) is 14.2. The van der Waals surface area contributed by atoms with E-state index in [1.807, 2.05) is 0 Å². The Morgan fingerprint density at radius 3 is 2.60 bits per heavy atom. The van der Waals surface area contributed by atoms with Gasteiger partial charge in [-0.2, -0.15) is 0 Å². The molecule has 0 aliphatic rings. The summed E-state index contributed by atoms with van der Waals surface area (Å²) in [6.07, 6.45) is 0.227. The molecular formula is C18H18N4O8. The number of nitro groups is 1. The van der Waals surface area contributed by atoms with Crippen molar-refractivity contribution in [3.05, 3.63) is 71.5 Å². The van der Waals surface area contributed by atoms with Crippen LogP contribution in [0.2, 0.25) is 0 Å². The van der Waals surface area contributed by atoms with E-state index in [-0.39, 0.29) is 43.0 Å². The van der Waals surface area contributed by atoms with Crippen molar-refractivity contribution >= 4 is 22.8 Å². The maximum atomic E-state index is 12.0. The fourth-order valence-electron chi connectivity index (χ4n) is 2.91. The summed E-state index contributed by atoms with van der Waals surface area (Å²) in [5.74, 6) is -1.26. The van der Waals surface area contributed by atoms with Crippen molar-refractivity contribution in [2.75, 3.05) is 0 Å². The van der Waals surface area contributed by atoms with Crippen molar-refractivity contribution in [3.8, 4) is 0 Å². The number of hydrogen-bond donors (Lipinski definition) is 0. The van der Waals surface area contributed by atoms with Gasteiger partial charge in [0.15, 0.2) is 5.58 Å². The van der Waals surface area contributed by atoms with Crippen LogP contribution in [0.1, 0.15) is 18.5 Å². The van der Waals surface area contributed by atoms with E-state index >= 15 is 0 Å². The summed E-state index contributed by atoms with van der Waals surface area (Å²) in [5, 5.41) is 10.8. The van der Waals surface area contributed by atoms with Gasteiger partial charge >= 0.3 is 17.4 Å². The van der Waals surface area contributed by atoms with Gasteiger partial charge in [0.1, 0.15) is 6.61 Å². The number of nitrogens with zero attached hydrogens (tertiary/aromatic N) is 4. The molecule has 12 heteroatoms. The van der Waals surface area contributed by atoms with Crippen LogP contribution in [0.4, 0.5) is 5.69 Å². The monoisotopic (exact) mass is 418 g/mol. The molecule has 0 saturated heterocycles. The molecule has 0 unspecified atom stereocenters. The SMILES string of the molecule is Cn1c(COC(=O)CCCn2c(=O)oc3cc([N+](=O)[O-])ccc32)cc(=O)n(C)c1=O. The minimum absolute atomic E-state index is 0.0229. The smallest absolute Gasteiger partial charge is 0.419 e. The number of esters is 1. The van der Waals surface area contributed by atoms with Gasteiger partial charge in [0, 0.05) is 39.2 Å². The van der Waals surface area contributed by atoms with Gasteiger partial charge in [-0.25, -0.2) is 9.59 Å². The zero-order chi connectivity index (χ0) is 22.0. The van der Waals surface area contributed by atoms with E-state index in [0.717, 1.165) is 10.6 Å². The molecule has 0 N–H and O–H groups in total. The van der Waals surface area contributed by atoms with Crippen molar-refractivity contribution in [2.45, 2.75) is 26.0 Å². The number of hydrogen-bond acceptors (Lipinski definition) is 8. The van der Waals surface area contributed by atoms with Crippen LogP contribution in [-0.4, -0.2) is 24.6 Å². The van der Waals surface area contributed by atoms with E-state index < -0.39 is 27.9 Å². The summed E-state index contributed by atoms with van der Waals surface area (Å²) in [7, 11) is 2.81. The Bertz CT molecular complexity index is 1310. The van der Waals surface area contributed by atoms with E-state index in [4.69, 9.17) is 9.15 Å². The second kappa shape index (κ2) is 8.19. The van der Waals surface area contributed by atoms with Crippen LogP contribution in [0.15, 0.2) is 43.1 Å². The van der Waals surface area contributed by atoms with E-state index in [1.54, 1.807) is 0 Å². The summed E-state index contributed by atoms with van der Waals surface area (Å²) in [4.78, 5) is 57.7. The highest BCUT2D eigenvalue weighted by molar-refractivity contribution is 5.75. The third kappa shape index (κ3) is 4.06. The van der Waals surface area contributed by atoms with Gasteiger partial charge in [0.2, 0.25) is 0 Å². The lowest BCUT2D eigenvalue weighted by molar-refractivity contribution is -0.384. The lowest BCUT2D eigenvalue weighted by atomic mass is 10.2. The third-order valence-electron chi connectivity index (χ3n) is 4.63. The molecule has 0 saturated carbocycles. The van der Waals surface area contributed by atoms with E-state index in [2.05, 4.69) is 0 Å². The maximum Gasteiger partial charge on any atom is 0.419 e. The van der Waals surface area contributed by atoms with Crippen LogP contribution >= 0.6 is 0 Å². The largest absolute Gasteiger partial charge is 0.459 e. The van der Waals surface area contributed by atoms with Gasteiger partial charge in [-0.3, -0.25) is 33.4 Å². The highest BCUT2D eigenvalue weighted by atomic mass is 16.6. The first kappa shape index (κ1) is 20.8. The summed E-state index contributed by atoms with van der Waals surface area (Å²) >= 11 is 0. The van der Waals surface area contributed by atoms with Crippen LogP contribution in [0.3, 0.4) is 0 Å². The summed E-state index contributed by atoms with van der Waals surface area (Å²) < 4.78 is 13.6. The second-order valence-corrected chi connectivity index (χ2v) is 6.57. The number of non-ortho nitro benzene ring substituents is 1. The molecule has 12 nitrogen and oxygen atoms in total. The van der Waals surface area contributed by atoms with Crippen LogP contribution in [0.5, 0.6) is 0 Å². The number of fused-ring (bicyclic) bond motifs is 1. The number of ether oxygens (including phenoxy) is 1. The molecule has 0 fully saturated rings. The molecule has 2 aromatic heterocycles. The lowest BCUT2D eigenvalue weighted by Gasteiger charge is -2.10. The molecule has 3 aromatic rings. The zero-order valence-corrected chi connectivity index (χ0v) is 16.2. The van der Waals surface area contributed by atoms with Gasteiger partial charge in [0.25, 0.3) is 11.2 Å². The summed E-state index contributed by atoms with van der Waals surface area (Å²) in [5.41, 5.74) is -0.500. The molecule has 1 aromatic carbocycles. The number of aromatic nitrogens is 3. The van der Waals surface area contributed by atoms with Crippen LogP contribution in [-0.2, 0) is 36.8 Å². The molecule has 0 spiro atoms. The Labute approximate surface area is 167 Å². The quantitative estimate of drug-likeness (QED) is 0.304. The van der Waals surface area contributed by atoms with Crippen molar-refractivity contribution in [1.29, 1.82) is 0 Å². The van der Waals surface area contributed by atoms with E-state index in [1.165, 1.54) is 41.4 Å². The standard InChI is InChI=1S/C18H18N4O8/c1-19-12(9-15(23)20(2)17(19)25)10-29-16(24)4-3-7-21-13-6-5-11(22(27)28)8-14(13)30-18(21)26/h5-6,8-9H,3-4,7,10H2,1-2H3. The fraction of sp³-hybridized carbons (Fsp3) is 0.333. The Hall–Kier alpha value is -3.96. The summed E-state index contributed by atoms with van der Waals surface area (Å²) in [6.45, 7) is -0.0952. The highest BCUT2D eigenvalue weighted by Gasteiger charge is 2.15. The van der Waals surface area contributed by atoms with Gasteiger partial charge < -0.3 is 9.15 Å². The Morgan fingerprint density at radius 1 is 1.17 bits per heavy atom. The number of rotatable bonds is 7. The molecule has 0 aliphatic heterocycles. The van der Waals surface area contributed by atoms with E-state index in [0.29, 0.717) is 5.52 Å². The molecule has 30 heavy (non-hydrogen) atoms. The van der Waals surface area contributed by atoms with Crippen molar-refractivity contribution in [2.24, 2.45) is 14.1 Å². The van der Waals surface area contributed by atoms with Crippen molar-refractivity contribution in [3.63, 3.8) is 0 Å². The lowest BCUT2D eigenvalue weighted by Crippen LogP contribution is -2.38. The molecule has 0 aliphatic carbocycles. The molecule has 0 amide bonds. The highest BCUT2D eigenvalue weighted by Crippen LogP contribution is 2.20. The number of benzene rings is 1. The van der Waals surface area contributed by atoms with Gasteiger partial charge in [-0.15, -0.1) is 0 Å². The topological polar surface area (TPSA) is 149 Å². The second-order valence-electron chi connectivity index (χ2n) is 6.57. The molecular weight excluding hydrogens is 400 g/mol. The first-order valence-electron chi connectivity index (χ1n) is 8.88. The number of aryl methyl sites for hydroxylation is 1. The molecule has 0 radical (unpaired) electrons. The Kier molecular flexibility index (Phi) is 5.67. The van der Waals surface area contributed by atoms with Gasteiger partial charge in [-0.1, -0.05) is 0 Å². The average molecular weight is 418 g/mol.